The van der Waals surface area contributed by atoms with Gasteiger partial charge in [0, 0.05) is 0 Å². The number of nitrogens with one attached hydrogen (secondary N) is 1. The van der Waals surface area contributed by atoms with E-state index in [0.717, 1.165) is 11.3 Å². The number of hydrogen-bond acceptors (Lipinski definition) is 5. The molecule has 0 saturated heterocycles. The molecule has 1 rings (SSSR count). The van der Waals surface area contributed by atoms with Gasteiger partial charge in [-0.1, -0.05) is 6.07 Å². The molecule has 0 atom stereocenters. The van der Waals surface area contributed by atoms with Crippen LogP contribution in [0, 0.1) is 0 Å². The smallest absolute Gasteiger partial charge is 0.250 e. The van der Waals surface area contributed by atoms with Gasteiger partial charge < -0.3 is 10.2 Å². The number of hydrogen-bond donors (Lipinski definition) is 3. The molecule has 5 nitrogen and oxygen atoms in total. The van der Waals surface area contributed by atoms with Gasteiger partial charge in [0.25, 0.3) is 0 Å². The molecule has 0 aromatic carbocycles. The Morgan fingerprint density at radius 3 is 2.50 bits per heavy atom. The molecule has 1 aromatic rings. The number of thiophene rings is 1. The Hall–Kier alpha value is -0.470. The highest BCUT2D eigenvalue weighted by Gasteiger charge is 2.19. The standard InChI is InChI=1S/C7H11NO4S2/c9-4-6(5-10)8-14(11,12)7-2-1-3-13-7/h1-3,6,8-10H,4-5H2. The highest BCUT2D eigenvalue weighted by atomic mass is 32.2. The third kappa shape index (κ3) is 2.76. The summed E-state index contributed by atoms with van der Waals surface area (Å²) >= 11 is 1.08. The second-order valence-electron chi connectivity index (χ2n) is 2.62. The van der Waals surface area contributed by atoms with Crippen molar-refractivity contribution in [2.45, 2.75) is 10.3 Å². The van der Waals surface area contributed by atoms with Crippen molar-refractivity contribution in [3.8, 4) is 0 Å². The van der Waals surface area contributed by atoms with E-state index in [0.29, 0.717) is 0 Å². The molecule has 0 aliphatic rings. The lowest BCUT2D eigenvalue weighted by molar-refractivity contribution is 0.185. The van der Waals surface area contributed by atoms with Gasteiger partial charge in [0.15, 0.2) is 0 Å². The molecule has 0 unspecified atom stereocenters. The summed E-state index contributed by atoms with van der Waals surface area (Å²) in [4.78, 5) is 0. The molecule has 0 spiro atoms. The highest BCUT2D eigenvalue weighted by molar-refractivity contribution is 7.91. The third-order valence-corrected chi connectivity index (χ3v) is 4.44. The monoisotopic (exact) mass is 237 g/mol. The minimum absolute atomic E-state index is 0.171. The maximum Gasteiger partial charge on any atom is 0.250 e. The fraction of sp³-hybridized carbons (Fsp3) is 0.429. The molecule has 0 fully saturated rings. The number of aliphatic hydroxyl groups is 2. The van der Waals surface area contributed by atoms with Gasteiger partial charge >= 0.3 is 0 Å². The maximum atomic E-state index is 11.5. The van der Waals surface area contributed by atoms with Crippen molar-refractivity contribution in [1.29, 1.82) is 0 Å². The van der Waals surface area contributed by atoms with E-state index in [1.807, 2.05) is 0 Å². The van der Waals surface area contributed by atoms with Gasteiger partial charge in [-0.25, -0.2) is 13.1 Å². The van der Waals surface area contributed by atoms with Crippen LogP contribution in [0.3, 0.4) is 0 Å². The predicted molar refractivity (Wildman–Crippen MR) is 52.6 cm³/mol. The fourth-order valence-electron chi connectivity index (χ4n) is 0.826. The second kappa shape index (κ2) is 4.85. The summed E-state index contributed by atoms with van der Waals surface area (Å²) in [6.45, 7) is -0.859. The van der Waals surface area contributed by atoms with Gasteiger partial charge in [-0.05, 0) is 11.4 Å². The maximum absolute atomic E-state index is 11.5. The lowest BCUT2D eigenvalue weighted by Gasteiger charge is -2.12. The molecular formula is C7H11NO4S2. The number of sulfonamides is 1. The molecule has 0 aliphatic heterocycles. The van der Waals surface area contributed by atoms with E-state index in [4.69, 9.17) is 10.2 Å². The summed E-state index contributed by atoms with van der Waals surface area (Å²) in [7, 11) is -3.59. The third-order valence-electron chi connectivity index (χ3n) is 1.52. The predicted octanol–water partition coefficient (Wildman–Crippen LogP) is -0.620. The van der Waals surface area contributed by atoms with Crippen LogP contribution in [0.4, 0.5) is 0 Å². The fourth-order valence-corrected chi connectivity index (χ4v) is 3.05. The Bertz CT molecular complexity index is 355. The first-order chi connectivity index (χ1) is 6.60. The van der Waals surface area contributed by atoms with Crippen molar-refractivity contribution in [1.82, 2.24) is 4.72 Å². The minimum atomic E-state index is -3.59. The number of rotatable bonds is 5. The molecule has 1 aromatic heterocycles. The second-order valence-corrected chi connectivity index (χ2v) is 5.50. The van der Waals surface area contributed by atoms with Crippen LogP contribution in [-0.2, 0) is 10.0 Å². The quantitative estimate of drug-likeness (QED) is 0.637. The molecular weight excluding hydrogens is 226 g/mol. The van der Waals surface area contributed by atoms with Crippen molar-refractivity contribution in [2.75, 3.05) is 13.2 Å². The Balaban J connectivity index is 2.77. The Kier molecular flexibility index (Phi) is 4.02. The van der Waals surface area contributed by atoms with E-state index >= 15 is 0 Å². The van der Waals surface area contributed by atoms with E-state index in [2.05, 4.69) is 4.72 Å². The number of aliphatic hydroxyl groups excluding tert-OH is 2. The lowest BCUT2D eigenvalue weighted by Crippen LogP contribution is -2.39. The largest absolute Gasteiger partial charge is 0.395 e. The van der Waals surface area contributed by atoms with Gasteiger partial charge in [-0.3, -0.25) is 0 Å². The van der Waals surface area contributed by atoms with Crippen molar-refractivity contribution in [3.63, 3.8) is 0 Å². The van der Waals surface area contributed by atoms with Crippen LogP contribution in [0.25, 0.3) is 0 Å². The van der Waals surface area contributed by atoms with Crippen molar-refractivity contribution in [2.24, 2.45) is 0 Å². The zero-order valence-electron chi connectivity index (χ0n) is 7.25. The lowest BCUT2D eigenvalue weighted by atomic mass is 10.4. The van der Waals surface area contributed by atoms with Crippen LogP contribution >= 0.6 is 11.3 Å². The molecule has 14 heavy (non-hydrogen) atoms. The van der Waals surface area contributed by atoms with E-state index in [1.165, 1.54) is 6.07 Å². The summed E-state index contributed by atoms with van der Waals surface area (Å²) in [6.07, 6.45) is 0. The average molecular weight is 237 g/mol. The van der Waals surface area contributed by atoms with Gasteiger partial charge in [0.2, 0.25) is 10.0 Å². The van der Waals surface area contributed by atoms with Gasteiger partial charge in [0.05, 0.1) is 19.3 Å². The summed E-state index contributed by atoms with van der Waals surface area (Å²) in [6, 6.07) is 2.23. The van der Waals surface area contributed by atoms with Gasteiger partial charge in [-0.15, -0.1) is 11.3 Å². The van der Waals surface area contributed by atoms with Crippen LogP contribution in [0.1, 0.15) is 0 Å². The first-order valence-electron chi connectivity index (χ1n) is 3.87. The molecule has 0 bridgehead atoms. The van der Waals surface area contributed by atoms with Crippen molar-refractivity contribution in [3.05, 3.63) is 17.5 Å². The van der Waals surface area contributed by atoms with Crippen molar-refractivity contribution < 1.29 is 18.6 Å². The molecule has 7 heteroatoms. The van der Waals surface area contributed by atoms with Crippen LogP contribution in [0.5, 0.6) is 0 Å². The van der Waals surface area contributed by atoms with Crippen molar-refractivity contribution >= 4 is 21.4 Å². The van der Waals surface area contributed by atoms with Crippen LogP contribution in [-0.4, -0.2) is 37.9 Å². The SMILES string of the molecule is O=S(=O)(NC(CO)CO)c1cccs1. The van der Waals surface area contributed by atoms with E-state index in [1.54, 1.807) is 11.4 Å². The zero-order chi connectivity index (χ0) is 10.6. The normalized spacial score (nSPS) is 12.2. The molecule has 0 aliphatic carbocycles. The summed E-state index contributed by atoms with van der Waals surface area (Å²) in [5.41, 5.74) is 0. The topological polar surface area (TPSA) is 86.6 Å². The Morgan fingerprint density at radius 2 is 2.07 bits per heavy atom. The van der Waals surface area contributed by atoms with Gasteiger partial charge in [0.1, 0.15) is 4.21 Å². The first kappa shape index (κ1) is 11.6. The minimum Gasteiger partial charge on any atom is -0.395 e. The molecule has 0 amide bonds. The Morgan fingerprint density at radius 1 is 1.43 bits per heavy atom. The molecule has 3 N–H and O–H groups in total. The Labute approximate surface area is 86.1 Å². The van der Waals surface area contributed by atoms with E-state index < -0.39 is 29.3 Å². The van der Waals surface area contributed by atoms with E-state index in [-0.39, 0.29) is 4.21 Å². The average Bonchev–Trinajstić information content (AvgIpc) is 2.67. The molecule has 80 valence electrons. The van der Waals surface area contributed by atoms with Crippen LogP contribution in [0.2, 0.25) is 0 Å². The molecule has 0 radical (unpaired) electrons. The van der Waals surface area contributed by atoms with Crippen LogP contribution in [0.15, 0.2) is 21.7 Å². The summed E-state index contributed by atoms with van der Waals surface area (Å²) < 4.78 is 25.3. The van der Waals surface area contributed by atoms with Crippen LogP contribution < -0.4 is 4.72 Å². The highest BCUT2D eigenvalue weighted by Crippen LogP contribution is 2.15. The van der Waals surface area contributed by atoms with E-state index in [9.17, 15) is 8.42 Å². The van der Waals surface area contributed by atoms with Gasteiger partial charge in [-0.2, -0.15) is 0 Å². The first-order valence-corrected chi connectivity index (χ1v) is 6.24. The zero-order valence-corrected chi connectivity index (χ0v) is 8.88. The summed E-state index contributed by atoms with van der Waals surface area (Å²) in [5.74, 6) is 0. The summed E-state index contributed by atoms with van der Waals surface area (Å²) in [5, 5.41) is 19.0. The molecule has 0 saturated carbocycles. The molecule has 1 heterocycles.